The molecule has 0 saturated heterocycles. The van der Waals surface area contributed by atoms with Crippen LogP contribution in [0.3, 0.4) is 0 Å². The number of rotatable bonds is 4. The standard InChI is InChI=1S/C17H14Cl2N2O2/c1-11(22)20-13-4-6-14(7-5-13)21-17(23)9-3-12-2-8-15(18)16(19)10-12/h2-10H,1H3,(H,20,22)(H,21,23). The fourth-order valence-corrected chi connectivity index (χ4v) is 2.12. The average Bonchev–Trinajstić information content (AvgIpc) is 2.50. The van der Waals surface area contributed by atoms with E-state index in [2.05, 4.69) is 10.6 Å². The van der Waals surface area contributed by atoms with Crippen LogP contribution in [0.25, 0.3) is 6.08 Å². The van der Waals surface area contributed by atoms with E-state index in [1.165, 1.54) is 13.0 Å². The Morgan fingerprint density at radius 2 is 1.52 bits per heavy atom. The van der Waals surface area contributed by atoms with E-state index in [0.29, 0.717) is 21.4 Å². The molecule has 0 aliphatic rings. The van der Waals surface area contributed by atoms with Crippen molar-refractivity contribution >= 4 is 52.5 Å². The predicted octanol–water partition coefficient (Wildman–Crippen LogP) is 4.60. The number of amides is 2. The molecule has 23 heavy (non-hydrogen) atoms. The highest BCUT2D eigenvalue weighted by atomic mass is 35.5. The third-order valence-corrected chi connectivity index (χ3v) is 3.58. The summed E-state index contributed by atoms with van der Waals surface area (Å²) >= 11 is 11.7. The molecule has 2 amide bonds. The highest BCUT2D eigenvalue weighted by molar-refractivity contribution is 6.42. The van der Waals surface area contributed by atoms with Crippen LogP contribution in [-0.2, 0) is 9.59 Å². The molecule has 0 radical (unpaired) electrons. The van der Waals surface area contributed by atoms with Gasteiger partial charge in [0.25, 0.3) is 0 Å². The first-order valence-corrected chi connectivity index (χ1v) is 7.51. The Morgan fingerprint density at radius 3 is 2.09 bits per heavy atom. The minimum atomic E-state index is -0.275. The summed E-state index contributed by atoms with van der Waals surface area (Å²) in [5.41, 5.74) is 2.07. The molecule has 4 nitrogen and oxygen atoms in total. The van der Waals surface area contributed by atoms with Crippen molar-refractivity contribution in [3.63, 3.8) is 0 Å². The molecule has 2 aromatic rings. The maximum atomic E-state index is 11.9. The normalized spacial score (nSPS) is 10.6. The zero-order chi connectivity index (χ0) is 16.8. The monoisotopic (exact) mass is 348 g/mol. The number of nitrogens with one attached hydrogen (secondary N) is 2. The van der Waals surface area contributed by atoms with Gasteiger partial charge in [0, 0.05) is 24.4 Å². The quantitative estimate of drug-likeness (QED) is 0.793. The van der Waals surface area contributed by atoms with Crippen molar-refractivity contribution in [2.45, 2.75) is 6.92 Å². The number of carbonyl (C=O) groups excluding carboxylic acids is 2. The van der Waals surface area contributed by atoms with Crippen LogP contribution in [-0.4, -0.2) is 11.8 Å². The van der Waals surface area contributed by atoms with Crippen LogP contribution in [0, 0.1) is 0 Å². The number of hydrogen-bond donors (Lipinski definition) is 2. The van der Waals surface area contributed by atoms with Crippen molar-refractivity contribution in [3.8, 4) is 0 Å². The molecule has 0 spiro atoms. The summed E-state index contributed by atoms with van der Waals surface area (Å²) in [7, 11) is 0. The van der Waals surface area contributed by atoms with Gasteiger partial charge in [-0.2, -0.15) is 0 Å². The van der Waals surface area contributed by atoms with E-state index >= 15 is 0 Å². The van der Waals surface area contributed by atoms with Gasteiger partial charge >= 0.3 is 0 Å². The SMILES string of the molecule is CC(=O)Nc1ccc(NC(=O)C=Cc2ccc(Cl)c(Cl)c2)cc1. The average molecular weight is 349 g/mol. The third-order valence-electron chi connectivity index (χ3n) is 2.84. The zero-order valence-corrected chi connectivity index (χ0v) is 13.8. The van der Waals surface area contributed by atoms with Gasteiger partial charge in [-0.15, -0.1) is 0 Å². The maximum absolute atomic E-state index is 11.9. The molecule has 2 aromatic carbocycles. The van der Waals surface area contributed by atoms with Crippen molar-refractivity contribution in [1.29, 1.82) is 0 Å². The van der Waals surface area contributed by atoms with Gasteiger partial charge in [-0.25, -0.2) is 0 Å². The lowest BCUT2D eigenvalue weighted by Crippen LogP contribution is -2.08. The van der Waals surface area contributed by atoms with Crippen LogP contribution < -0.4 is 10.6 Å². The summed E-state index contributed by atoms with van der Waals surface area (Å²) in [4.78, 5) is 22.8. The third kappa shape index (κ3) is 5.43. The van der Waals surface area contributed by atoms with E-state index in [0.717, 1.165) is 5.56 Å². The molecule has 0 atom stereocenters. The van der Waals surface area contributed by atoms with E-state index in [1.54, 1.807) is 48.5 Å². The Kier molecular flexibility index (Phi) is 5.79. The highest BCUT2D eigenvalue weighted by Gasteiger charge is 2.01. The lowest BCUT2D eigenvalue weighted by Gasteiger charge is -2.05. The second-order valence-electron chi connectivity index (χ2n) is 4.75. The Morgan fingerprint density at radius 1 is 0.913 bits per heavy atom. The van der Waals surface area contributed by atoms with Gasteiger partial charge in [0.2, 0.25) is 11.8 Å². The zero-order valence-electron chi connectivity index (χ0n) is 12.3. The van der Waals surface area contributed by atoms with E-state index in [4.69, 9.17) is 23.2 Å². The minimum Gasteiger partial charge on any atom is -0.326 e. The van der Waals surface area contributed by atoms with Crippen LogP contribution in [0.2, 0.25) is 10.0 Å². The molecule has 0 bridgehead atoms. The molecule has 2 rings (SSSR count). The Bertz CT molecular complexity index is 756. The minimum absolute atomic E-state index is 0.147. The molecule has 0 unspecified atom stereocenters. The second-order valence-corrected chi connectivity index (χ2v) is 5.57. The number of halogens is 2. The second kappa shape index (κ2) is 7.81. The van der Waals surface area contributed by atoms with Crippen LogP contribution >= 0.6 is 23.2 Å². The van der Waals surface area contributed by atoms with Gasteiger partial charge < -0.3 is 10.6 Å². The largest absolute Gasteiger partial charge is 0.326 e. The number of carbonyl (C=O) groups is 2. The first-order chi connectivity index (χ1) is 10.9. The molecule has 0 fully saturated rings. The van der Waals surface area contributed by atoms with Crippen molar-refractivity contribution in [1.82, 2.24) is 0 Å². The fraction of sp³-hybridized carbons (Fsp3) is 0.0588. The van der Waals surface area contributed by atoms with Crippen molar-refractivity contribution in [2.75, 3.05) is 10.6 Å². The Balaban J connectivity index is 1.97. The molecule has 0 heterocycles. The topological polar surface area (TPSA) is 58.2 Å². The van der Waals surface area contributed by atoms with Gasteiger partial charge in [-0.3, -0.25) is 9.59 Å². The summed E-state index contributed by atoms with van der Waals surface area (Å²) < 4.78 is 0. The summed E-state index contributed by atoms with van der Waals surface area (Å²) in [6, 6.07) is 11.9. The molecular weight excluding hydrogens is 335 g/mol. The summed E-state index contributed by atoms with van der Waals surface area (Å²) in [5.74, 6) is -0.422. The van der Waals surface area contributed by atoms with Crippen molar-refractivity contribution < 1.29 is 9.59 Å². The van der Waals surface area contributed by atoms with E-state index in [9.17, 15) is 9.59 Å². The first kappa shape index (κ1) is 17.1. The number of benzene rings is 2. The van der Waals surface area contributed by atoms with E-state index in [1.807, 2.05) is 0 Å². The molecule has 118 valence electrons. The molecule has 0 aromatic heterocycles. The highest BCUT2D eigenvalue weighted by Crippen LogP contribution is 2.23. The fourth-order valence-electron chi connectivity index (χ4n) is 1.81. The summed E-state index contributed by atoms with van der Waals surface area (Å²) in [6.45, 7) is 1.43. The van der Waals surface area contributed by atoms with Gasteiger partial charge in [0.05, 0.1) is 10.0 Å². The smallest absolute Gasteiger partial charge is 0.248 e. The van der Waals surface area contributed by atoms with Gasteiger partial charge in [-0.1, -0.05) is 29.3 Å². The molecule has 0 aliphatic carbocycles. The summed E-state index contributed by atoms with van der Waals surface area (Å²) in [6.07, 6.45) is 3.05. The summed E-state index contributed by atoms with van der Waals surface area (Å²) in [5, 5.41) is 6.27. The van der Waals surface area contributed by atoms with E-state index < -0.39 is 0 Å². The first-order valence-electron chi connectivity index (χ1n) is 6.76. The Labute approximate surface area is 144 Å². The van der Waals surface area contributed by atoms with Gasteiger partial charge in [0.1, 0.15) is 0 Å². The van der Waals surface area contributed by atoms with Crippen LogP contribution in [0.15, 0.2) is 48.5 Å². The lowest BCUT2D eigenvalue weighted by molar-refractivity contribution is -0.114. The molecule has 2 N–H and O–H groups in total. The molecule has 6 heteroatoms. The van der Waals surface area contributed by atoms with Crippen LogP contribution in [0.5, 0.6) is 0 Å². The maximum Gasteiger partial charge on any atom is 0.248 e. The van der Waals surface area contributed by atoms with E-state index in [-0.39, 0.29) is 11.8 Å². The van der Waals surface area contributed by atoms with Crippen LogP contribution in [0.1, 0.15) is 12.5 Å². The van der Waals surface area contributed by atoms with Gasteiger partial charge in [0.15, 0.2) is 0 Å². The van der Waals surface area contributed by atoms with Crippen LogP contribution in [0.4, 0.5) is 11.4 Å². The lowest BCUT2D eigenvalue weighted by atomic mass is 10.2. The molecule has 0 aliphatic heterocycles. The number of anilines is 2. The van der Waals surface area contributed by atoms with Gasteiger partial charge in [-0.05, 0) is 48.0 Å². The van der Waals surface area contributed by atoms with Crippen molar-refractivity contribution in [2.24, 2.45) is 0 Å². The molecule has 0 saturated carbocycles. The van der Waals surface area contributed by atoms with Crippen molar-refractivity contribution in [3.05, 3.63) is 64.1 Å². The Hall–Kier alpha value is -2.30. The molecular formula is C17H14Cl2N2O2. The number of hydrogen-bond acceptors (Lipinski definition) is 2. The predicted molar refractivity (Wildman–Crippen MR) is 94.9 cm³/mol.